The van der Waals surface area contributed by atoms with E-state index < -0.39 is 28.0 Å². The molecule has 0 radical (unpaired) electrons. The van der Waals surface area contributed by atoms with Crippen LogP contribution in [0.15, 0.2) is 36.5 Å². The van der Waals surface area contributed by atoms with E-state index in [0.29, 0.717) is 6.42 Å². The van der Waals surface area contributed by atoms with E-state index in [4.69, 9.17) is 0 Å². The molecule has 0 heterocycles. The van der Waals surface area contributed by atoms with Gasteiger partial charge in [0.05, 0.1) is 17.9 Å². The van der Waals surface area contributed by atoms with Crippen LogP contribution in [0.3, 0.4) is 0 Å². The number of carbonyl (C=O) groups is 1. The van der Waals surface area contributed by atoms with Gasteiger partial charge in [-0.2, -0.15) is 8.42 Å². The van der Waals surface area contributed by atoms with Gasteiger partial charge in [0.25, 0.3) is 10.1 Å². The number of nitrogens with one attached hydrogen (secondary N) is 1. The van der Waals surface area contributed by atoms with Gasteiger partial charge in [-0.25, -0.2) is 0 Å². The lowest BCUT2D eigenvalue weighted by atomic mass is 10.0. The largest absolute Gasteiger partial charge is 0.387 e. The zero-order valence-electron chi connectivity index (χ0n) is 34.9. The molecule has 0 spiro atoms. The monoisotopic (exact) mass is 766 g/mol. The van der Waals surface area contributed by atoms with Crippen LogP contribution in [0.4, 0.5) is 0 Å². The molecule has 0 aliphatic rings. The fourth-order valence-electron chi connectivity index (χ4n) is 6.89. The zero-order chi connectivity index (χ0) is 38.9. The lowest BCUT2D eigenvalue weighted by Gasteiger charge is -2.21. The summed E-state index contributed by atoms with van der Waals surface area (Å²) in [7, 11) is -4.36. The first-order valence-electron chi connectivity index (χ1n) is 22.7. The summed E-state index contributed by atoms with van der Waals surface area (Å²) in [5, 5.41) is 13.2. The van der Waals surface area contributed by atoms with Crippen LogP contribution in [0.5, 0.6) is 0 Å². The van der Waals surface area contributed by atoms with Crippen LogP contribution in [-0.4, -0.2) is 41.9 Å². The molecule has 7 heteroatoms. The van der Waals surface area contributed by atoms with Crippen molar-refractivity contribution in [3.8, 4) is 0 Å². The lowest BCUT2D eigenvalue weighted by molar-refractivity contribution is -0.122. The summed E-state index contributed by atoms with van der Waals surface area (Å²) < 4.78 is 32.5. The second-order valence-electron chi connectivity index (χ2n) is 15.7. The Kier molecular flexibility index (Phi) is 39.1. The van der Waals surface area contributed by atoms with Crippen LogP contribution >= 0.6 is 0 Å². The molecule has 0 aliphatic heterocycles. The van der Waals surface area contributed by atoms with Crippen LogP contribution in [0.25, 0.3) is 0 Å². The fraction of sp³-hybridized carbons (Fsp3) is 0.848. The molecular formula is C46H87NO5S. The number of allylic oxidation sites excluding steroid dienone is 5. The molecule has 0 bridgehead atoms. The molecule has 0 aromatic carbocycles. The summed E-state index contributed by atoms with van der Waals surface area (Å²) in [5.41, 5.74) is 0. The third kappa shape index (κ3) is 41.6. The van der Waals surface area contributed by atoms with Gasteiger partial charge < -0.3 is 10.4 Å². The van der Waals surface area contributed by atoms with E-state index in [-0.39, 0.29) is 12.3 Å². The molecule has 53 heavy (non-hydrogen) atoms. The van der Waals surface area contributed by atoms with Gasteiger partial charge in [-0.15, -0.1) is 0 Å². The first-order valence-corrected chi connectivity index (χ1v) is 24.3. The minimum atomic E-state index is -4.36. The van der Waals surface area contributed by atoms with Gasteiger partial charge in [-0.1, -0.05) is 217 Å². The van der Waals surface area contributed by atoms with Crippen molar-refractivity contribution in [2.75, 3.05) is 5.75 Å². The predicted octanol–water partition coefficient (Wildman–Crippen LogP) is 13.7. The van der Waals surface area contributed by atoms with Crippen LogP contribution in [0, 0.1) is 0 Å². The summed E-state index contributed by atoms with van der Waals surface area (Å²) >= 11 is 0. The number of carbonyl (C=O) groups excluding carboxylic acids is 1. The molecule has 0 aromatic heterocycles. The molecule has 0 fully saturated rings. The van der Waals surface area contributed by atoms with Crippen molar-refractivity contribution in [1.29, 1.82) is 0 Å². The molecular weight excluding hydrogens is 679 g/mol. The van der Waals surface area contributed by atoms with Crippen molar-refractivity contribution in [1.82, 2.24) is 5.32 Å². The minimum Gasteiger partial charge on any atom is -0.387 e. The van der Waals surface area contributed by atoms with Gasteiger partial charge in [-0.05, 0) is 44.9 Å². The molecule has 312 valence electrons. The second-order valence-corrected chi connectivity index (χ2v) is 17.2. The number of hydrogen-bond acceptors (Lipinski definition) is 4. The number of hydrogen-bond donors (Lipinski definition) is 3. The Bertz CT molecular complexity index is 976. The lowest BCUT2D eigenvalue weighted by Crippen LogP contribution is -2.46. The maximum absolute atomic E-state index is 12.5. The van der Waals surface area contributed by atoms with Gasteiger partial charge >= 0.3 is 0 Å². The Hall–Kier alpha value is -1.44. The minimum absolute atomic E-state index is 0.288. The van der Waals surface area contributed by atoms with E-state index in [0.717, 1.165) is 38.5 Å². The Balaban J connectivity index is 3.90. The smallest absolute Gasteiger partial charge is 0.267 e. The highest BCUT2D eigenvalue weighted by atomic mass is 32.2. The molecule has 0 saturated carbocycles. The van der Waals surface area contributed by atoms with Crippen molar-refractivity contribution >= 4 is 16.0 Å². The molecule has 0 aromatic rings. The molecule has 0 rings (SSSR count). The van der Waals surface area contributed by atoms with Crippen LogP contribution in [0.1, 0.15) is 232 Å². The maximum Gasteiger partial charge on any atom is 0.267 e. The Morgan fingerprint density at radius 1 is 0.491 bits per heavy atom. The van der Waals surface area contributed by atoms with Crippen molar-refractivity contribution < 1.29 is 22.9 Å². The van der Waals surface area contributed by atoms with Gasteiger partial charge in [0.1, 0.15) is 0 Å². The number of aliphatic hydroxyl groups excluding tert-OH is 1. The highest BCUT2D eigenvalue weighted by molar-refractivity contribution is 7.85. The molecule has 3 N–H and O–H groups in total. The van der Waals surface area contributed by atoms with Crippen molar-refractivity contribution in [2.45, 2.75) is 244 Å². The average molecular weight is 766 g/mol. The molecule has 0 aliphatic carbocycles. The van der Waals surface area contributed by atoms with Crippen molar-refractivity contribution in [3.63, 3.8) is 0 Å². The maximum atomic E-state index is 12.5. The Morgan fingerprint density at radius 3 is 1.19 bits per heavy atom. The highest BCUT2D eigenvalue weighted by Crippen LogP contribution is 2.16. The first-order chi connectivity index (χ1) is 25.8. The van der Waals surface area contributed by atoms with Gasteiger partial charge in [0.15, 0.2) is 0 Å². The number of amides is 1. The second kappa shape index (κ2) is 40.2. The fourth-order valence-corrected chi connectivity index (χ4v) is 7.63. The highest BCUT2D eigenvalue weighted by Gasteiger charge is 2.24. The number of unbranched alkanes of at least 4 members (excludes halogenated alkanes) is 29. The quantitative estimate of drug-likeness (QED) is 0.0327. The third-order valence-electron chi connectivity index (χ3n) is 10.3. The van der Waals surface area contributed by atoms with Crippen molar-refractivity contribution in [2.24, 2.45) is 0 Å². The van der Waals surface area contributed by atoms with Gasteiger partial charge in [0.2, 0.25) is 5.91 Å². The van der Waals surface area contributed by atoms with Crippen LogP contribution in [0.2, 0.25) is 0 Å². The predicted molar refractivity (Wildman–Crippen MR) is 230 cm³/mol. The van der Waals surface area contributed by atoms with Gasteiger partial charge in [0, 0.05) is 6.42 Å². The topological polar surface area (TPSA) is 104 Å². The number of rotatable bonds is 41. The van der Waals surface area contributed by atoms with Crippen LogP contribution < -0.4 is 5.32 Å². The standard InChI is InChI=1S/C46H87NO5S/c1-3-5-7-9-11-13-15-17-19-21-23-24-26-28-30-32-34-36-38-40-42-46(49)47-44(43-53(50,51)52)45(48)41-39-37-35-33-31-29-27-25-22-20-18-16-14-12-10-8-6-4-2/h22,25,31,33,39,41,44-45,48H,3-21,23-24,26-30,32,34-38,40,42-43H2,1-2H3,(H,47,49)(H,50,51,52)/b25-22+,33-31+,41-39+. The Morgan fingerprint density at radius 2 is 0.811 bits per heavy atom. The molecule has 2 unspecified atom stereocenters. The summed E-state index contributed by atoms with van der Waals surface area (Å²) in [5.74, 6) is -1.00. The van der Waals surface area contributed by atoms with E-state index in [1.54, 1.807) is 6.08 Å². The number of aliphatic hydroxyl groups is 1. The molecule has 6 nitrogen and oxygen atoms in total. The van der Waals surface area contributed by atoms with E-state index in [1.807, 2.05) is 0 Å². The summed E-state index contributed by atoms with van der Waals surface area (Å²) in [4.78, 5) is 12.5. The van der Waals surface area contributed by atoms with E-state index >= 15 is 0 Å². The van der Waals surface area contributed by atoms with Crippen molar-refractivity contribution in [3.05, 3.63) is 36.5 Å². The summed E-state index contributed by atoms with van der Waals surface area (Å²) in [6, 6.07) is -1.08. The van der Waals surface area contributed by atoms with E-state index in [2.05, 4.69) is 43.5 Å². The summed E-state index contributed by atoms with van der Waals surface area (Å²) in [6.45, 7) is 4.54. The molecule has 0 saturated heterocycles. The van der Waals surface area contributed by atoms with Gasteiger partial charge in [-0.3, -0.25) is 9.35 Å². The summed E-state index contributed by atoms with van der Waals surface area (Å²) in [6.07, 6.45) is 52.8. The average Bonchev–Trinajstić information content (AvgIpc) is 3.12. The SMILES string of the molecule is CCCCCCCCCC/C=C/CC/C=C/CC/C=C/C(O)C(CS(=O)(=O)O)NC(=O)CCCCCCCCCCCCCCCCCCCCCC. The first kappa shape index (κ1) is 51.6. The van der Waals surface area contributed by atoms with Crippen LogP contribution in [-0.2, 0) is 14.9 Å². The van der Waals surface area contributed by atoms with E-state index in [9.17, 15) is 22.9 Å². The Labute approximate surface area is 329 Å². The normalized spacial score (nSPS) is 13.5. The molecule has 1 amide bonds. The molecule has 2 atom stereocenters. The third-order valence-corrected chi connectivity index (χ3v) is 11.1. The zero-order valence-corrected chi connectivity index (χ0v) is 35.7. The van der Waals surface area contributed by atoms with E-state index in [1.165, 1.54) is 173 Å².